The van der Waals surface area contributed by atoms with E-state index < -0.39 is 10.0 Å². The molecule has 0 saturated carbocycles. The van der Waals surface area contributed by atoms with Gasteiger partial charge >= 0.3 is 0 Å². The fourth-order valence-electron chi connectivity index (χ4n) is 1.59. The first-order chi connectivity index (χ1) is 8.56. The van der Waals surface area contributed by atoms with Crippen molar-refractivity contribution in [3.8, 4) is 12.3 Å². The molecule has 1 aromatic carbocycles. The maximum Gasteiger partial charge on any atom is 0.251 e. The molecule has 0 N–H and O–H groups in total. The Balaban J connectivity index is 3.20. The average Bonchev–Trinajstić information content (AvgIpc) is 2.38. The van der Waals surface area contributed by atoms with Crippen LogP contribution in [0, 0.1) is 12.3 Å². The Labute approximate surface area is 109 Å². The molecule has 0 aliphatic heterocycles. The Hall–Kier alpha value is -1.57. The molecule has 0 radical (unpaired) electrons. The molecular formula is C14H17NO2S. The van der Waals surface area contributed by atoms with E-state index in [1.165, 1.54) is 10.4 Å². The SMILES string of the molecule is C#CC(=Cc1ccccc1)S(=O)(=O)N(CC)CC. The topological polar surface area (TPSA) is 37.4 Å². The summed E-state index contributed by atoms with van der Waals surface area (Å²) in [7, 11) is -3.55. The molecule has 1 rings (SSSR count). The van der Waals surface area contributed by atoms with Crippen molar-refractivity contribution in [2.45, 2.75) is 13.8 Å². The van der Waals surface area contributed by atoms with Gasteiger partial charge in [0.25, 0.3) is 10.0 Å². The third-order valence-electron chi connectivity index (χ3n) is 2.56. The number of hydrogen-bond donors (Lipinski definition) is 0. The first kappa shape index (κ1) is 14.5. The van der Waals surface area contributed by atoms with E-state index >= 15 is 0 Å². The van der Waals surface area contributed by atoms with Crippen molar-refractivity contribution in [2.75, 3.05) is 13.1 Å². The van der Waals surface area contributed by atoms with Gasteiger partial charge in [-0.05, 0) is 11.6 Å². The quantitative estimate of drug-likeness (QED) is 0.765. The third-order valence-corrected chi connectivity index (χ3v) is 4.55. The van der Waals surface area contributed by atoms with Gasteiger partial charge in [-0.25, -0.2) is 8.42 Å². The van der Waals surface area contributed by atoms with E-state index in [1.54, 1.807) is 13.8 Å². The molecule has 1 aromatic rings. The van der Waals surface area contributed by atoms with Gasteiger partial charge in [0.1, 0.15) is 4.91 Å². The normalized spacial score (nSPS) is 12.4. The van der Waals surface area contributed by atoms with Crippen LogP contribution in [-0.2, 0) is 10.0 Å². The van der Waals surface area contributed by atoms with Crippen LogP contribution in [0.2, 0.25) is 0 Å². The van der Waals surface area contributed by atoms with Crippen molar-refractivity contribution in [3.05, 3.63) is 40.8 Å². The Morgan fingerprint density at radius 3 is 2.28 bits per heavy atom. The van der Waals surface area contributed by atoms with Crippen molar-refractivity contribution < 1.29 is 8.42 Å². The fraction of sp³-hybridized carbons (Fsp3) is 0.286. The predicted octanol–water partition coefficient (Wildman–Crippen LogP) is 2.33. The first-order valence-electron chi connectivity index (χ1n) is 5.79. The molecule has 0 unspecified atom stereocenters. The van der Waals surface area contributed by atoms with Gasteiger partial charge in [0.05, 0.1) is 0 Å². The minimum atomic E-state index is -3.55. The summed E-state index contributed by atoms with van der Waals surface area (Å²) < 4.78 is 25.8. The summed E-state index contributed by atoms with van der Waals surface area (Å²) in [4.78, 5) is -0.00241. The van der Waals surface area contributed by atoms with Gasteiger partial charge in [-0.2, -0.15) is 4.31 Å². The molecule has 0 spiro atoms. The largest absolute Gasteiger partial charge is 0.251 e. The second kappa shape index (κ2) is 6.39. The molecule has 18 heavy (non-hydrogen) atoms. The van der Waals surface area contributed by atoms with Gasteiger partial charge < -0.3 is 0 Å². The number of benzene rings is 1. The Kier molecular flexibility index (Phi) is 5.14. The van der Waals surface area contributed by atoms with E-state index in [0.717, 1.165) is 5.56 Å². The maximum absolute atomic E-state index is 12.2. The summed E-state index contributed by atoms with van der Waals surface area (Å²) in [5, 5.41) is 0. The molecule has 3 nitrogen and oxygen atoms in total. The molecule has 0 fully saturated rings. The summed E-state index contributed by atoms with van der Waals surface area (Å²) in [6, 6.07) is 9.17. The zero-order chi connectivity index (χ0) is 13.6. The lowest BCUT2D eigenvalue weighted by Crippen LogP contribution is -2.31. The van der Waals surface area contributed by atoms with Crippen LogP contribution >= 0.6 is 0 Å². The molecule has 4 heteroatoms. The highest BCUT2D eigenvalue weighted by Crippen LogP contribution is 2.16. The van der Waals surface area contributed by atoms with Crippen LogP contribution in [0.1, 0.15) is 19.4 Å². The number of allylic oxidation sites excluding steroid dienone is 1. The van der Waals surface area contributed by atoms with Crippen LogP contribution in [0.4, 0.5) is 0 Å². The van der Waals surface area contributed by atoms with Crippen molar-refractivity contribution in [2.24, 2.45) is 0 Å². The van der Waals surface area contributed by atoms with E-state index in [9.17, 15) is 8.42 Å². The summed E-state index contributed by atoms with van der Waals surface area (Å²) in [6.45, 7) is 4.40. The van der Waals surface area contributed by atoms with Crippen LogP contribution in [0.5, 0.6) is 0 Å². The number of rotatable bonds is 5. The second-order valence-corrected chi connectivity index (χ2v) is 5.56. The van der Waals surface area contributed by atoms with Crippen LogP contribution in [0.15, 0.2) is 35.2 Å². The van der Waals surface area contributed by atoms with Crippen LogP contribution in [0.3, 0.4) is 0 Å². The van der Waals surface area contributed by atoms with Crippen molar-refractivity contribution in [3.63, 3.8) is 0 Å². The minimum Gasteiger partial charge on any atom is -0.206 e. The molecular weight excluding hydrogens is 246 g/mol. The lowest BCUT2D eigenvalue weighted by molar-refractivity contribution is 0.451. The Morgan fingerprint density at radius 2 is 1.83 bits per heavy atom. The number of sulfonamides is 1. The van der Waals surface area contributed by atoms with Crippen molar-refractivity contribution in [1.29, 1.82) is 0 Å². The van der Waals surface area contributed by atoms with E-state index in [2.05, 4.69) is 5.92 Å². The van der Waals surface area contributed by atoms with Crippen LogP contribution < -0.4 is 0 Å². The lowest BCUT2D eigenvalue weighted by Gasteiger charge is -2.18. The molecule has 0 amide bonds. The molecule has 0 aliphatic carbocycles. The highest BCUT2D eigenvalue weighted by Gasteiger charge is 2.22. The molecule has 0 saturated heterocycles. The standard InChI is InChI=1S/C14H17NO2S/c1-4-14(12-13-10-8-7-9-11-13)18(16,17)15(5-2)6-3/h1,7-12H,5-6H2,2-3H3. The zero-order valence-electron chi connectivity index (χ0n) is 10.6. The first-order valence-corrected chi connectivity index (χ1v) is 7.23. The third kappa shape index (κ3) is 3.22. The Morgan fingerprint density at radius 1 is 1.28 bits per heavy atom. The average molecular weight is 263 g/mol. The highest BCUT2D eigenvalue weighted by molar-refractivity contribution is 7.93. The number of terminal acetylenes is 1. The van der Waals surface area contributed by atoms with Crippen LogP contribution in [0.25, 0.3) is 6.08 Å². The predicted molar refractivity (Wildman–Crippen MR) is 75.1 cm³/mol. The van der Waals surface area contributed by atoms with Gasteiger partial charge in [-0.15, -0.1) is 6.42 Å². The molecule has 96 valence electrons. The van der Waals surface area contributed by atoms with E-state index in [1.807, 2.05) is 30.3 Å². The molecule has 0 bridgehead atoms. The van der Waals surface area contributed by atoms with Crippen LogP contribution in [-0.4, -0.2) is 25.8 Å². The molecule has 0 atom stereocenters. The number of hydrogen-bond acceptors (Lipinski definition) is 2. The van der Waals surface area contributed by atoms with E-state index in [0.29, 0.717) is 13.1 Å². The molecule has 0 heterocycles. The summed E-state index contributed by atoms with van der Waals surface area (Å²) >= 11 is 0. The summed E-state index contributed by atoms with van der Waals surface area (Å²) in [6.07, 6.45) is 6.85. The highest BCUT2D eigenvalue weighted by atomic mass is 32.2. The second-order valence-electron chi connectivity index (χ2n) is 3.65. The van der Waals surface area contributed by atoms with Gasteiger partial charge in [0.2, 0.25) is 0 Å². The van der Waals surface area contributed by atoms with Gasteiger partial charge in [0.15, 0.2) is 0 Å². The summed E-state index contributed by atoms with van der Waals surface area (Å²) in [5.74, 6) is 2.27. The maximum atomic E-state index is 12.2. The smallest absolute Gasteiger partial charge is 0.206 e. The van der Waals surface area contributed by atoms with Crippen molar-refractivity contribution >= 4 is 16.1 Å². The monoisotopic (exact) mass is 263 g/mol. The van der Waals surface area contributed by atoms with Gasteiger partial charge in [-0.3, -0.25) is 0 Å². The van der Waals surface area contributed by atoms with E-state index in [-0.39, 0.29) is 4.91 Å². The Bertz CT molecular complexity index is 549. The van der Waals surface area contributed by atoms with Gasteiger partial charge in [0, 0.05) is 13.1 Å². The van der Waals surface area contributed by atoms with Gasteiger partial charge in [-0.1, -0.05) is 50.1 Å². The fourth-order valence-corrected chi connectivity index (χ4v) is 2.99. The molecule has 0 aromatic heterocycles. The number of nitrogens with zero attached hydrogens (tertiary/aromatic N) is 1. The minimum absolute atomic E-state index is 0.00241. The summed E-state index contributed by atoms with van der Waals surface area (Å²) in [5.41, 5.74) is 0.779. The van der Waals surface area contributed by atoms with E-state index in [4.69, 9.17) is 6.42 Å². The lowest BCUT2D eigenvalue weighted by atomic mass is 10.2. The zero-order valence-corrected chi connectivity index (χ0v) is 11.4. The molecule has 0 aliphatic rings. The van der Waals surface area contributed by atoms with Crippen molar-refractivity contribution in [1.82, 2.24) is 4.31 Å².